The second-order valence-corrected chi connectivity index (χ2v) is 5.16. The lowest BCUT2D eigenvalue weighted by Crippen LogP contribution is -2.23. The number of aromatic carboxylic acids is 1. The molecule has 0 fully saturated rings. The van der Waals surface area contributed by atoms with Crippen molar-refractivity contribution in [1.82, 2.24) is 4.74 Å². The van der Waals surface area contributed by atoms with E-state index in [1.165, 1.54) is 19.1 Å². The smallest absolute Gasteiger partial charge is 0.338 e. The Labute approximate surface area is 122 Å². The van der Waals surface area contributed by atoms with E-state index in [-0.39, 0.29) is 5.75 Å². The third-order valence-electron chi connectivity index (χ3n) is 2.52. The van der Waals surface area contributed by atoms with E-state index in [2.05, 4.69) is 0 Å². The number of nitrogens with zero attached hydrogens (tertiary/aromatic N) is 1. The Morgan fingerprint density at radius 2 is 2.10 bits per heavy atom. The molecule has 0 radical (unpaired) electrons. The highest BCUT2D eigenvalue weighted by Crippen LogP contribution is 2.21. The molecule has 0 atom stereocenters. The maximum Gasteiger partial charge on any atom is 0.338 e. The molecule has 0 aliphatic heterocycles. The topological polar surface area (TPSA) is 89.5 Å². The number of halogens is 1. The summed E-state index contributed by atoms with van der Waals surface area (Å²) in [6, 6.07) is 4.68. The van der Waals surface area contributed by atoms with Gasteiger partial charge < -0.3 is 9.63 Å². The minimum atomic E-state index is -1.39. The largest absolute Gasteiger partial charge is 0.478 e. The van der Waals surface area contributed by atoms with Gasteiger partial charge in [-0.15, -0.1) is 16.5 Å². The number of carboxylic acids is 1. The monoisotopic (exact) mass is 311 g/mol. The first-order valence-electron chi connectivity index (χ1n) is 5.77. The Hall–Kier alpha value is -2.35. The first-order valence-corrected chi connectivity index (χ1v) is 6.76. The van der Waals surface area contributed by atoms with Crippen LogP contribution in [-0.2, 0) is 0 Å². The summed E-state index contributed by atoms with van der Waals surface area (Å²) < 4.78 is 18.8. The van der Waals surface area contributed by atoms with Crippen molar-refractivity contribution in [2.45, 2.75) is 11.8 Å². The molecular formula is C13H10FNO5S. The average Bonchev–Trinajstić information content (AvgIpc) is 2.76. The Morgan fingerprint density at radius 1 is 1.38 bits per heavy atom. The molecule has 6 nitrogen and oxygen atoms in total. The number of aryl methyl sites for hydroxylation is 1. The number of benzene rings is 1. The van der Waals surface area contributed by atoms with Gasteiger partial charge in [-0.3, -0.25) is 9.59 Å². The van der Waals surface area contributed by atoms with Crippen molar-refractivity contribution >= 4 is 23.6 Å². The van der Waals surface area contributed by atoms with Crippen LogP contribution in [0.15, 0.2) is 38.5 Å². The van der Waals surface area contributed by atoms with E-state index in [9.17, 15) is 18.8 Å². The van der Waals surface area contributed by atoms with Crippen molar-refractivity contribution < 1.29 is 23.6 Å². The zero-order valence-electron chi connectivity index (χ0n) is 10.8. The molecule has 1 aromatic heterocycles. The molecule has 1 aromatic carbocycles. The third kappa shape index (κ3) is 3.40. The number of thioether (sulfide) groups is 1. The van der Waals surface area contributed by atoms with Gasteiger partial charge in [0.25, 0.3) is 11.5 Å². The second kappa shape index (κ2) is 5.96. The number of rotatable bonds is 4. The molecule has 1 heterocycles. The van der Waals surface area contributed by atoms with Crippen LogP contribution in [0.5, 0.6) is 0 Å². The Bertz CT molecular complexity index is 764. The lowest BCUT2D eigenvalue weighted by Gasteiger charge is -2.03. The molecule has 0 bridgehead atoms. The van der Waals surface area contributed by atoms with Crippen molar-refractivity contribution in [3.05, 3.63) is 51.8 Å². The van der Waals surface area contributed by atoms with Gasteiger partial charge >= 0.3 is 5.97 Å². The fourth-order valence-electron chi connectivity index (χ4n) is 1.58. The number of aromatic nitrogens is 1. The Morgan fingerprint density at radius 3 is 2.67 bits per heavy atom. The maximum atomic E-state index is 13.2. The summed E-state index contributed by atoms with van der Waals surface area (Å²) in [5, 5.41) is 8.81. The number of carboxylic acid groups (broad SMARTS) is 1. The molecule has 8 heteroatoms. The van der Waals surface area contributed by atoms with Crippen molar-refractivity contribution in [2.24, 2.45) is 0 Å². The normalized spacial score (nSPS) is 10.6. The van der Waals surface area contributed by atoms with Gasteiger partial charge in [0.15, 0.2) is 0 Å². The highest BCUT2D eigenvalue weighted by Gasteiger charge is 2.14. The zero-order valence-corrected chi connectivity index (χ0v) is 11.6. The lowest BCUT2D eigenvalue weighted by atomic mass is 10.2. The molecule has 0 saturated heterocycles. The second-order valence-electron chi connectivity index (χ2n) is 4.11. The van der Waals surface area contributed by atoms with Crippen LogP contribution >= 0.6 is 11.8 Å². The lowest BCUT2D eigenvalue weighted by molar-refractivity contribution is 0.0691. The molecule has 0 aliphatic rings. The summed E-state index contributed by atoms with van der Waals surface area (Å²) in [5.74, 6) is -2.65. The summed E-state index contributed by atoms with van der Waals surface area (Å²) in [6.07, 6.45) is 0. The van der Waals surface area contributed by atoms with Crippen LogP contribution < -0.4 is 5.56 Å². The standard InChI is InChI=1S/C13H10FNO5S/c1-7-4-11(16)15(20-7)12(17)6-21-8-2-3-10(14)9(5-8)13(18)19/h2-5H,6H2,1H3,(H,18,19). The van der Waals surface area contributed by atoms with Crippen LogP contribution in [0, 0.1) is 12.7 Å². The maximum absolute atomic E-state index is 13.2. The molecule has 0 saturated carbocycles. The van der Waals surface area contributed by atoms with Gasteiger partial charge in [-0.1, -0.05) is 0 Å². The van der Waals surface area contributed by atoms with Gasteiger partial charge in [-0.25, -0.2) is 9.18 Å². The minimum Gasteiger partial charge on any atom is -0.478 e. The van der Waals surface area contributed by atoms with Crippen LogP contribution in [-0.4, -0.2) is 27.5 Å². The van der Waals surface area contributed by atoms with Crippen molar-refractivity contribution in [3.63, 3.8) is 0 Å². The molecule has 0 amide bonds. The van der Waals surface area contributed by atoms with Gasteiger partial charge in [0.1, 0.15) is 11.6 Å². The molecule has 110 valence electrons. The molecule has 0 spiro atoms. The Kier molecular flexibility index (Phi) is 4.27. The van der Waals surface area contributed by atoms with E-state index in [0.717, 1.165) is 23.9 Å². The van der Waals surface area contributed by atoms with E-state index < -0.39 is 28.8 Å². The van der Waals surface area contributed by atoms with Crippen LogP contribution in [0.3, 0.4) is 0 Å². The van der Waals surface area contributed by atoms with E-state index in [4.69, 9.17) is 9.63 Å². The van der Waals surface area contributed by atoms with Crippen molar-refractivity contribution in [3.8, 4) is 0 Å². The molecular weight excluding hydrogens is 301 g/mol. The fourth-order valence-corrected chi connectivity index (χ4v) is 2.36. The van der Waals surface area contributed by atoms with Crippen molar-refractivity contribution in [2.75, 3.05) is 5.75 Å². The summed E-state index contributed by atoms with van der Waals surface area (Å²) in [7, 11) is 0. The predicted molar refractivity (Wildman–Crippen MR) is 72.4 cm³/mol. The van der Waals surface area contributed by atoms with Gasteiger partial charge in [-0.2, -0.15) is 0 Å². The van der Waals surface area contributed by atoms with Gasteiger partial charge in [0.2, 0.25) is 0 Å². The SMILES string of the molecule is Cc1cc(=O)n(C(=O)CSc2ccc(F)c(C(=O)O)c2)o1. The summed E-state index contributed by atoms with van der Waals surface area (Å²) in [4.78, 5) is 34.4. The average molecular weight is 311 g/mol. The first-order chi connectivity index (χ1) is 9.88. The molecule has 2 aromatic rings. The molecule has 0 aliphatic carbocycles. The summed E-state index contributed by atoms with van der Waals surface area (Å²) in [6.45, 7) is 1.54. The summed E-state index contributed by atoms with van der Waals surface area (Å²) in [5.41, 5.74) is -1.04. The van der Waals surface area contributed by atoms with E-state index in [1.807, 2.05) is 0 Å². The van der Waals surface area contributed by atoms with Crippen LogP contribution in [0.2, 0.25) is 0 Å². The van der Waals surface area contributed by atoms with E-state index >= 15 is 0 Å². The number of hydrogen-bond acceptors (Lipinski definition) is 5. The van der Waals surface area contributed by atoms with Gasteiger partial charge in [-0.05, 0) is 25.1 Å². The number of carbonyl (C=O) groups is 2. The molecule has 21 heavy (non-hydrogen) atoms. The number of hydrogen-bond donors (Lipinski definition) is 1. The zero-order chi connectivity index (χ0) is 15.6. The van der Waals surface area contributed by atoms with E-state index in [0.29, 0.717) is 15.4 Å². The van der Waals surface area contributed by atoms with Crippen LogP contribution in [0.4, 0.5) is 4.39 Å². The van der Waals surface area contributed by atoms with Gasteiger partial charge in [0, 0.05) is 11.0 Å². The van der Waals surface area contributed by atoms with Gasteiger partial charge in [0.05, 0.1) is 11.3 Å². The minimum absolute atomic E-state index is 0.141. The molecule has 0 unspecified atom stereocenters. The predicted octanol–water partition coefficient (Wildman–Crippen LogP) is 2.02. The Balaban J connectivity index is 2.11. The molecule has 2 rings (SSSR count). The molecule has 1 N–H and O–H groups in total. The van der Waals surface area contributed by atoms with Crippen LogP contribution in [0.1, 0.15) is 20.9 Å². The highest BCUT2D eigenvalue weighted by molar-refractivity contribution is 8.00. The summed E-state index contributed by atoms with van der Waals surface area (Å²) >= 11 is 0.982. The highest BCUT2D eigenvalue weighted by atomic mass is 32.2. The number of carbonyl (C=O) groups excluding carboxylic acids is 1. The van der Waals surface area contributed by atoms with Crippen LogP contribution in [0.25, 0.3) is 0 Å². The third-order valence-corrected chi connectivity index (χ3v) is 3.50. The first kappa shape index (κ1) is 15.0. The quantitative estimate of drug-likeness (QED) is 0.869. The fraction of sp³-hybridized carbons (Fsp3) is 0.154. The van der Waals surface area contributed by atoms with E-state index in [1.54, 1.807) is 0 Å². The van der Waals surface area contributed by atoms with Crippen molar-refractivity contribution in [1.29, 1.82) is 0 Å².